The van der Waals surface area contributed by atoms with Crippen LogP contribution in [0.2, 0.25) is 0 Å². The van der Waals surface area contributed by atoms with Gasteiger partial charge in [-0.2, -0.15) is 0 Å². The van der Waals surface area contributed by atoms with E-state index in [1.165, 1.54) is 23.3 Å². The number of carbonyl (C=O) groups excluding carboxylic acids is 1. The molecule has 0 unspecified atom stereocenters. The highest BCUT2D eigenvalue weighted by molar-refractivity contribution is 6.15. The van der Waals surface area contributed by atoms with Crippen LogP contribution in [0.4, 0.5) is 4.39 Å². The predicted molar refractivity (Wildman–Crippen MR) is 122 cm³/mol. The standard InChI is InChI=1S/C26H25FN4O/c1-17-10-19(6-7-29-17)26-24-12-22-16-31(25(32)13-20(22)11-21(24)15-30-26)9-8-28-14-18-2-4-23(27)5-3-18/h2-7,10-12,28H,8-9,13-16H2,1H3. The number of hydrogen-bond donors (Lipinski definition) is 1. The van der Waals surface area contributed by atoms with Crippen LogP contribution in [0.1, 0.15) is 39.1 Å². The van der Waals surface area contributed by atoms with Gasteiger partial charge in [-0.05, 0) is 59.5 Å². The molecule has 32 heavy (non-hydrogen) atoms. The largest absolute Gasteiger partial charge is 0.337 e. The number of hydrogen-bond acceptors (Lipinski definition) is 4. The molecule has 0 spiro atoms. The maximum Gasteiger partial charge on any atom is 0.227 e. The molecule has 1 N–H and O–H groups in total. The molecule has 1 aromatic heterocycles. The minimum Gasteiger partial charge on any atom is -0.337 e. The quantitative estimate of drug-likeness (QED) is 0.611. The number of aromatic nitrogens is 1. The molecular formula is C26H25FN4O. The van der Waals surface area contributed by atoms with E-state index >= 15 is 0 Å². The molecule has 2 aliphatic rings. The fourth-order valence-electron chi connectivity index (χ4n) is 4.41. The van der Waals surface area contributed by atoms with Gasteiger partial charge in [0.2, 0.25) is 5.91 Å². The number of pyridine rings is 1. The highest BCUT2D eigenvalue weighted by atomic mass is 19.1. The van der Waals surface area contributed by atoms with Gasteiger partial charge in [0, 0.05) is 49.2 Å². The fraction of sp³-hybridized carbons (Fsp3) is 0.269. The zero-order valence-electron chi connectivity index (χ0n) is 18.1. The lowest BCUT2D eigenvalue weighted by atomic mass is 9.91. The molecule has 0 saturated heterocycles. The van der Waals surface area contributed by atoms with Gasteiger partial charge in [-0.15, -0.1) is 0 Å². The van der Waals surface area contributed by atoms with Crippen LogP contribution in [-0.4, -0.2) is 34.6 Å². The Morgan fingerprint density at radius 1 is 1.06 bits per heavy atom. The van der Waals surface area contributed by atoms with E-state index in [-0.39, 0.29) is 11.7 Å². The van der Waals surface area contributed by atoms with Crippen molar-refractivity contribution in [2.24, 2.45) is 4.99 Å². The van der Waals surface area contributed by atoms with Crippen LogP contribution in [-0.2, 0) is 30.8 Å². The summed E-state index contributed by atoms with van der Waals surface area (Å²) >= 11 is 0. The Morgan fingerprint density at radius 2 is 1.91 bits per heavy atom. The second-order valence-electron chi connectivity index (χ2n) is 8.42. The average molecular weight is 429 g/mol. The summed E-state index contributed by atoms with van der Waals surface area (Å²) < 4.78 is 13.0. The lowest BCUT2D eigenvalue weighted by Crippen LogP contribution is -2.40. The summed E-state index contributed by atoms with van der Waals surface area (Å²) in [5, 5.41) is 3.35. The smallest absolute Gasteiger partial charge is 0.227 e. The van der Waals surface area contributed by atoms with Crippen LogP contribution in [0.3, 0.4) is 0 Å². The van der Waals surface area contributed by atoms with Crippen LogP contribution in [0.25, 0.3) is 0 Å². The van der Waals surface area contributed by atoms with E-state index in [0.717, 1.165) is 33.7 Å². The Bertz CT molecular complexity index is 1200. The van der Waals surface area contributed by atoms with E-state index in [0.29, 0.717) is 39.1 Å². The monoisotopic (exact) mass is 428 g/mol. The number of benzene rings is 2. The predicted octanol–water partition coefficient (Wildman–Crippen LogP) is 3.55. The van der Waals surface area contributed by atoms with Crippen LogP contribution in [0.15, 0.2) is 59.7 Å². The molecule has 2 aliphatic heterocycles. The number of aryl methyl sites for hydroxylation is 1. The van der Waals surface area contributed by atoms with Crippen molar-refractivity contribution in [3.8, 4) is 0 Å². The summed E-state index contributed by atoms with van der Waals surface area (Å²) in [5.74, 6) is -0.0741. The normalized spacial score (nSPS) is 14.9. The Balaban J connectivity index is 1.26. The first-order valence-corrected chi connectivity index (χ1v) is 10.9. The first kappa shape index (κ1) is 20.5. The van der Waals surface area contributed by atoms with E-state index in [2.05, 4.69) is 28.5 Å². The van der Waals surface area contributed by atoms with E-state index in [1.807, 2.05) is 24.1 Å². The van der Waals surface area contributed by atoms with Crippen molar-refractivity contribution in [3.63, 3.8) is 0 Å². The third kappa shape index (κ3) is 4.18. The highest BCUT2D eigenvalue weighted by Gasteiger charge is 2.26. The molecule has 6 heteroatoms. The van der Waals surface area contributed by atoms with Gasteiger partial charge in [-0.25, -0.2) is 4.39 Å². The minimum absolute atomic E-state index is 0.157. The molecule has 1 amide bonds. The first-order valence-electron chi connectivity index (χ1n) is 10.9. The van der Waals surface area contributed by atoms with E-state index in [1.54, 1.807) is 12.1 Å². The molecule has 0 bridgehead atoms. The lowest BCUT2D eigenvalue weighted by Gasteiger charge is -2.29. The molecule has 0 saturated carbocycles. The van der Waals surface area contributed by atoms with E-state index < -0.39 is 0 Å². The Morgan fingerprint density at radius 3 is 2.72 bits per heavy atom. The molecule has 0 radical (unpaired) electrons. The van der Waals surface area contributed by atoms with Crippen molar-refractivity contribution < 1.29 is 9.18 Å². The number of amides is 1. The third-order valence-corrected chi connectivity index (χ3v) is 6.11. The number of halogens is 1. The van der Waals surface area contributed by atoms with Gasteiger partial charge in [0.15, 0.2) is 0 Å². The van der Waals surface area contributed by atoms with Gasteiger partial charge in [-0.1, -0.05) is 18.2 Å². The fourth-order valence-corrected chi connectivity index (χ4v) is 4.41. The molecular weight excluding hydrogens is 403 g/mol. The van der Waals surface area contributed by atoms with Gasteiger partial charge in [0.25, 0.3) is 0 Å². The van der Waals surface area contributed by atoms with E-state index in [9.17, 15) is 9.18 Å². The molecule has 162 valence electrons. The van der Waals surface area contributed by atoms with Crippen molar-refractivity contribution in [1.82, 2.24) is 15.2 Å². The van der Waals surface area contributed by atoms with Crippen molar-refractivity contribution in [3.05, 3.63) is 99.6 Å². The zero-order valence-corrected chi connectivity index (χ0v) is 18.1. The molecule has 5 nitrogen and oxygen atoms in total. The van der Waals surface area contributed by atoms with Crippen molar-refractivity contribution in [1.29, 1.82) is 0 Å². The van der Waals surface area contributed by atoms with Gasteiger partial charge >= 0.3 is 0 Å². The second-order valence-corrected chi connectivity index (χ2v) is 8.42. The minimum atomic E-state index is -0.231. The Kier molecular flexibility index (Phi) is 5.53. The lowest BCUT2D eigenvalue weighted by molar-refractivity contribution is -0.131. The zero-order chi connectivity index (χ0) is 22.1. The summed E-state index contributed by atoms with van der Waals surface area (Å²) in [7, 11) is 0. The topological polar surface area (TPSA) is 57.6 Å². The average Bonchev–Trinajstić information content (AvgIpc) is 3.19. The summed E-state index contributed by atoms with van der Waals surface area (Å²) in [6.07, 6.45) is 2.26. The number of aliphatic imine (C=N–C) groups is 1. The second kappa shape index (κ2) is 8.63. The number of rotatable bonds is 6. The van der Waals surface area contributed by atoms with Crippen molar-refractivity contribution >= 4 is 11.6 Å². The molecule has 2 aromatic carbocycles. The van der Waals surface area contributed by atoms with Crippen molar-refractivity contribution in [2.45, 2.75) is 33.0 Å². The molecule has 3 heterocycles. The molecule has 3 aromatic rings. The van der Waals surface area contributed by atoms with Crippen LogP contribution >= 0.6 is 0 Å². The molecule has 0 aliphatic carbocycles. The maximum absolute atomic E-state index is 13.0. The van der Waals surface area contributed by atoms with Gasteiger partial charge in [-0.3, -0.25) is 14.8 Å². The molecule has 0 fully saturated rings. The van der Waals surface area contributed by atoms with Crippen LogP contribution < -0.4 is 5.32 Å². The number of nitrogens with zero attached hydrogens (tertiary/aromatic N) is 3. The van der Waals surface area contributed by atoms with Gasteiger partial charge in [0.05, 0.1) is 18.7 Å². The first-order chi connectivity index (χ1) is 15.6. The Hall–Kier alpha value is -3.38. The Labute approximate surface area is 187 Å². The van der Waals surface area contributed by atoms with E-state index in [4.69, 9.17) is 4.99 Å². The van der Waals surface area contributed by atoms with Crippen molar-refractivity contribution in [2.75, 3.05) is 13.1 Å². The summed E-state index contributed by atoms with van der Waals surface area (Å²) in [5.41, 5.74) is 8.77. The molecule has 5 rings (SSSR count). The van der Waals surface area contributed by atoms with Gasteiger partial charge < -0.3 is 10.2 Å². The van der Waals surface area contributed by atoms with Crippen LogP contribution in [0.5, 0.6) is 0 Å². The summed E-state index contributed by atoms with van der Waals surface area (Å²) in [4.78, 5) is 23.7. The molecule has 0 atom stereocenters. The number of fused-ring (bicyclic) bond motifs is 2. The van der Waals surface area contributed by atoms with Crippen LogP contribution in [0, 0.1) is 12.7 Å². The number of carbonyl (C=O) groups is 1. The number of nitrogens with one attached hydrogen (secondary N) is 1. The third-order valence-electron chi connectivity index (χ3n) is 6.11. The maximum atomic E-state index is 13.0. The van der Waals surface area contributed by atoms with Gasteiger partial charge in [0.1, 0.15) is 5.82 Å². The highest BCUT2D eigenvalue weighted by Crippen LogP contribution is 2.30. The SMILES string of the molecule is Cc1cc(C2=NCc3cc4c(cc32)CN(CCNCc2ccc(F)cc2)C(=O)C4)ccn1. The summed E-state index contributed by atoms with van der Waals surface area (Å²) in [6, 6.07) is 14.9. The summed E-state index contributed by atoms with van der Waals surface area (Å²) in [6.45, 7) is 5.23.